The predicted octanol–water partition coefficient (Wildman–Crippen LogP) is 3.66. The first kappa shape index (κ1) is 15.6. The lowest BCUT2D eigenvalue weighted by atomic mass is 9.91. The van der Waals surface area contributed by atoms with Gasteiger partial charge in [-0.1, -0.05) is 32.4 Å². The maximum absolute atomic E-state index is 12.3. The molecule has 0 unspecified atom stereocenters. The summed E-state index contributed by atoms with van der Waals surface area (Å²) in [5, 5.41) is 3.48. The van der Waals surface area contributed by atoms with Crippen LogP contribution in [0.5, 0.6) is 0 Å². The highest BCUT2D eigenvalue weighted by Gasteiger charge is 2.21. The molecule has 0 aliphatic carbocycles. The summed E-state index contributed by atoms with van der Waals surface area (Å²) in [4.78, 5) is 16.7. The van der Waals surface area contributed by atoms with Crippen molar-refractivity contribution >= 4 is 29.3 Å². The predicted molar refractivity (Wildman–Crippen MR) is 85.8 cm³/mol. The average Bonchev–Trinajstić information content (AvgIpc) is 2.38. The quantitative estimate of drug-likeness (QED) is 0.847. The minimum absolute atomic E-state index is 0.0447. The number of aromatic nitrogens is 1. The van der Waals surface area contributed by atoms with Crippen molar-refractivity contribution in [1.29, 1.82) is 0 Å². The van der Waals surface area contributed by atoms with Crippen LogP contribution in [-0.4, -0.2) is 28.4 Å². The van der Waals surface area contributed by atoms with Gasteiger partial charge in [0.25, 0.3) is 5.91 Å². The first-order valence-corrected chi connectivity index (χ1v) is 8.46. The zero-order chi connectivity index (χ0) is 14.8. The van der Waals surface area contributed by atoms with Crippen molar-refractivity contribution in [3.63, 3.8) is 0 Å². The molecule has 1 aromatic rings. The summed E-state index contributed by atoms with van der Waals surface area (Å²) in [5.41, 5.74) is 1.32. The van der Waals surface area contributed by atoms with Gasteiger partial charge in [0.2, 0.25) is 0 Å². The van der Waals surface area contributed by atoms with Crippen molar-refractivity contribution in [3.8, 4) is 0 Å². The monoisotopic (exact) mass is 312 g/mol. The Morgan fingerprint density at radius 1 is 1.35 bits per heavy atom. The van der Waals surface area contributed by atoms with Gasteiger partial charge in [0.15, 0.2) is 0 Å². The Balaban J connectivity index is 2.14. The molecule has 110 valence electrons. The van der Waals surface area contributed by atoms with Crippen molar-refractivity contribution in [2.45, 2.75) is 45.1 Å². The highest BCUT2D eigenvalue weighted by atomic mass is 35.5. The zero-order valence-electron chi connectivity index (χ0n) is 12.2. The molecule has 20 heavy (non-hydrogen) atoms. The largest absolute Gasteiger partial charge is 0.349 e. The van der Waals surface area contributed by atoms with Crippen LogP contribution < -0.4 is 5.32 Å². The van der Waals surface area contributed by atoms with E-state index in [-0.39, 0.29) is 17.4 Å². The lowest BCUT2D eigenvalue weighted by Gasteiger charge is -2.23. The second-order valence-electron chi connectivity index (χ2n) is 6.17. The van der Waals surface area contributed by atoms with Crippen LogP contribution in [0.25, 0.3) is 0 Å². The molecule has 1 aliphatic rings. The topological polar surface area (TPSA) is 42.0 Å². The van der Waals surface area contributed by atoms with Gasteiger partial charge >= 0.3 is 0 Å². The van der Waals surface area contributed by atoms with Gasteiger partial charge in [-0.05, 0) is 36.5 Å². The molecule has 1 aromatic heterocycles. The third-order valence-corrected chi connectivity index (χ3v) is 4.62. The summed E-state index contributed by atoms with van der Waals surface area (Å²) < 4.78 is 0. The number of carbonyl (C=O) groups excluding carboxylic acids is 1. The molecule has 0 radical (unpaired) electrons. The number of carbonyl (C=O) groups is 1. The van der Waals surface area contributed by atoms with Gasteiger partial charge in [-0.25, -0.2) is 4.98 Å². The maximum Gasteiger partial charge on any atom is 0.251 e. The number of rotatable bonds is 2. The van der Waals surface area contributed by atoms with Gasteiger partial charge in [0.05, 0.1) is 0 Å². The number of nitrogens with zero attached hydrogens (tertiary/aromatic N) is 1. The van der Waals surface area contributed by atoms with E-state index in [1.807, 2.05) is 17.8 Å². The SMILES string of the molecule is CC(C)(C)c1cc(C(=O)NC2CCSCC2)cc(Cl)n1. The molecule has 3 nitrogen and oxygen atoms in total. The summed E-state index contributed by atoms with van der Waals surface area (Å²) in [6, 6.07) is 3.77. The smallest absolute Gasteiger partial charge is 0.251 e. The molecule has 0 atom stereocenters. The third kappa shape index (κ3) is 4.13. The Hall–Kier alpha value is -0.740. The molecule has 0 saturated carbocycles. The molecule has 1 fully saturated rings. The van der Waals surface area contributed by atoms with E-state index < -0.39 is 0 Å². The highest BCUT2D eigenvalue weighted by Crippen LogP contribution is 2.24. The van der Waals surface area contributed by atoms with Gasteiger partial charge in [0.1, 0.15) is 5.15 Å². The van der Waals surface area contributed by atoms with Gasteiger partial charge in [-0.3, -0.25) is 4.79 Å². The van der Waals surface area contributed by atoms with Gasteiger partial charge in [0, 0.05) is 22.7 Å². The maximum atomic E-state index is 12.3. The van der Waals surface area contributed by atoms with Crippen molar-refractivity contribution in [3.05, 3.63) is 28.5 Å². The molecule has 1 saturated heterocycles. The summed E-state index contributed by atoms with van der Waals surface area (Å²) in [5.74, 6) is 2.20. The first-order valence-electron chi connectivity index (χ1n) is 6.93. The van der Waals surface area contributed by atoms with Crippen LogP contribution in [0, 0.1) is 0 Å². The Morgan fingerprint density at radius 3 is 2.60 bits per heavy atom. The molecular formula is C15H21ClN2OS. The molecule has 1 N–H and O–H groups in total. The van der Waals surface area contributed by atoms with Crippen molar-refractivity contribution in [2.24, 2.45) is 0 Å². The Morgan fingerprint density at radius 2 is 2.00 bits per heavy atom. The van der Waals surface area contributed by atoms with Crippen LogP contribution in [0.3, 0.4) is 0 Å². The van der Waals surface area contributed by atoms with E-state index in [2.05, 4.69) is 31.1 Å². The third-order valence-electron chi connectivity index (χ3n) is 3.38. The minimum Gasteiger partial charge on any atom is -0.349 e. The van der Waals surface area contributed by atoms with Crippen LogP contribution in [0.2, 0.25) is 5.15 Å². The summed E-state index contributed by atoms with van der Waals surface area (Å²) in [6.07, 6.45) is 2.09. The van der Waals surface area contributed by atoms with Crippen LogP contribution in [-0.2, 0) is 5.41 Å². The fourth-order valence-corrected chi connectivity index (χ4v) is 3.44. The Kier molecular flexibility index (Phi) is 4.97. The molecule has 0 aromatic carbocycles. The molecule has 0 spiro atoms. The lowest BCUT2D eigenvalue weighted by molar-refractivity contribution is 0.0934. The average molecular weight is 313 g/mol. The minimum atomic E-state index is -0.124. The van der Waals surface area contributed by atoms with E-state index in [9.17, 15) is 4.79 Å². The fourth-order valence-electron chi connectivity index (χ4n) is 2.12. The van der Waals surface area contributed by atoms with Crippen molar-refractivity contribution in [1.82, 2.24) is 10.3 Å². The Bertz CT molecular complexity index is 493. The van der Waals surface area contributed by atoms with Gasteiger partial charge in [-0.15, -0.1) is 0 Å². The van der Waals surface area contributed by atoms with E-state index in [1.165, 1.54) is 0 Å². The lowest BCUT2D eigenvalue weighted by Crippen LogP contribution is -2.37. The van der Waals surface area contributed by atoms with E-state index >= 15 is 0 Å². The second-order valence-corrected chi connectivity index (χ2v) is 7.79. The molecule has 1 aliphatic heterocycles. The molecular weight excluding hydrogens is 292 g/mol. The molecule has 1 amide bonds. The summed E-state index contributed by atoms with van der Waals surface area (Å²) in [7, 11) is 0. The van der Waals surface area contributed by atoms with Gasteiger partial charge < -0.3 is 5.32 Å². The summed E-state index contributed by atoms with van der Waals surface area (Å²) in [6.45, 7) is 6.18. The fraction of sp³-hybridized carbons (Fsp3) is 0.600. The van der Waals surface area contributed by atoms with Gasteiger partial charge in [-0.2, -0.15) is 11.8 Å². The molecule has 0 bridgehead atoms. The van der Waals surface area contributed by atoms with E-state index in [4.69, 9.17) is 11.6 Å². The number of nitrogens with one attached hydrogen (secondary N) is 1. The van der Waals surface area contributed by atoms with Crippen LogP contribution in [0.1, 0.15) is 49.7 Å². The number of hydrogen-bond donors (Lipinski definition) is 1. The molecule has 5 heteroatoms. The number of thioether (sulfide) groups is 1. The highest BCUT2D eigenvalue weighted by molar-refractivity contribution is 7.99. The summed E-state index contributed by atoms with van der Waals surface area (Å²) >= 11 is 8.00. The Labute approximate surface area is 129 Å². The normalized spacial score (nSPS) is 17.0. The molecule has 2 rings (SSSR count). The number of hydrogen-bond acceptors (Lipinski definition) is 3. The second kappa shape index (κ2) is 6.35. The van der Waals surface area contributed by atoms with E-state index in [0.29, 0.717) is 10.7 Å². The van der Waals surface area contributed by atoms with Crippen molar-refractivity contribution < 1.29 is 4.79 Å². The number of halogens is 1. The van der Waals surface area contributed by atoms with E-state index in [1.54, 1.807) is 6.07 Å². The van der Waals surface area contributed by atoms with E-state index in [0.717, 1.165) is 30.0 Å². The number of pyridine rings is 1. The van der Waals surface area contributed by atoms with Crippen molar-refractivity contribution in [2.75, 3.05) is 11.5 Å². The number of amides is 1. The molecule has 2 heterocycles. The van der Waals surface area contributed by atoms with Crippen LogP contribution in [0.4, 0.5) is 0 Å². The van der Waals surface area contributed by atoms with Crippen LogP contribution >= 0.6 is 23.4 Å². The first-order chi connectivity index (χ1) is 9.36. The van der Waals surface area contributed by atoms with Crippen LogP contribution in [0.15, 0.2) is 12.1 Å². The standard InChI is InChI=1S/C15H21ClN2OS/c1-15(2,3)12-8-10(9-13(16)18-12)14(19)17-11-4-6-20-7-5-11/h8-9,11H,4-7H2,1-3H3,(H,17,19). The zero-order valence-corrected chi connectivity index (χ0v) is 13.8.